The van der Waals surface area contributed by atoms with Crippen LogP contribution < -0.4 is 4.74 Å². The number of carbonyl (C=O) groups is 1. The van der Waals surface area contributed by atoms with Crippen molar-refractivity contribution in [1.82, 2.24) is 4.98 Å². The summed E-state index contributed by atoms with van der Waals surface area (Å²) in [6.07, 6.45) is 1.10. The smallest absolute Gasteiger partial charge is 0.335 e. The third-order valence-corrected chi connectivity index (χ3v) is 3.74. The predicted molar refractivity (Wildman–Crippen MR) is 85.7 cm³/mol. The van der Waals surface area contributed by atoms with Gasteiger partial charge in [-0.2, -0.15) is 0 Å². The number of hydrogen-bond acceptors (Lipinski definition) is 3. The molecule has 0 aliphatic rings. The number of carboxylic acids is 1. The average Bonchev–Trinajstić information content (AvgIpc) is 2.55. The normalized spacial score (nSPS) is 10.7. The fraction of sp³-hybridized carbons (Fsp3) is 0.0588. The Morgan fingerprint density at radius 1 is 1.22 bits per heavy atom. The average molecular weight is 332 g/mol. The summed E-state index contributed by atoms with van der Waals surface area (Å²) in [6, 6.07) is 9.18. The maximum atomic E-state index is 14.0. The van der Waals surface area contributed by atoms with Gasteiger partial charge in [0.15, 0.2) is 0 Å². The van der Waals surface area contributed by atoms with E-state index in [1.54, 1.807) is 18.2 Å². The topological polar surface area (TPSA) is 59.4 Å². The Hall–Kier alpha value is -2.66. The van der Waals surface area contributed by atoms with Gasteiger partial charge in [0.1, 0.15) is 11.6 Å². The van der Waals surface area contributed by atoms with Gasteiger partial charge in [-0.05, 0) is 30.3 Å². The second-order valence-corrected chi connectivity index (χ2v) is 5.30. The van der Waals surface area contributed by atoms with E-state index < -0.39 is 11.8 Å². The Morgan fingerprint density at radius 3 is 2.70 bits per heavy atom. The number of fused-ring (bicyclic) bond motifs is 1. The van der Waals surface area contributed by atoms with Gasteiger partial charge < -0.3 is 9.84 Å². The molecule has 1 aromatic heterocycles. The highest BCUT2D eigenvalue weighted by molar-refractivity contribution is 6.30. The van der Waals surface area contributed by atoms with Gasteiger partial charge in [0.25, 0.3) is 0 Å². The van der Waals surface area contributed by atoms with Crippen LogP contribution in [0.15, 0.2) is 42.6 Å². The van der Waals surface area contributed by atoms with E-state index in [4.69, 9.17) is 21.4 Å². The summed E-state index contributed by atoms with van der Waals surface area (Å²) in [4.78, 5) is 15.3. The quantitative estimate of drug-likeness (QED) is 0.772. The number of aromatic nitrogens is 1. The standard InChI is InChI=1S/C17H11ClFNO3/c1-23-15-7-10(18)3-5-12(15)16-13-6-9(17(21)22)2-4-11(13)14(19)8-20-16/h2-8H,1H3,(H,21,22). The molecule has 0 radical (unpaired) electrons. The lowest BCUT2D eigenvalue weighted by Crippen LogP contribution is -1.98. The zero-order valence-corrected chi connectivity index (χ0v) is 12.8. The van der Waals surface area contributed by atoms with E-state index in [0.29, 0.717) is 27.4 Å². The third-order valence-electron chi connectivity index (χ3n) is 3.50. The van der Waals surface area contributed by atoms with Crippen molar-refractivity contribution in [2.45, 2.75) is 0 Å². The molecule has 0 fully saturated rings. The number of rotatable bonds is 3. The van der Waals surface area contributed by atoms with E-state index in [9.17, 15) is 9.18 Å². The van der Waals surface area contributed by atoms with Crippen LogP contribution in [0.5, 0.6) is 5.75 Å². The molecule has 23 heavy (non-hydrogen) atoms. The Balaban J connectivity index is 2.35. The highest BCUT2D eigenvalue weighted by Crippen LogP contribution is 2.36. The van der Waals surface area contributed by atoms with Crippen LogP contribution in [-0.2, 0) is 0 Å². The Bertz CT molecular complexity index is 927. The van der Waals surface area contributed by atoms with Crippen molar-refractivity contribution in [2.24, 2.45) is 0 Å². The fourth-order valence-electron chi connectivity index (χ4n) is 2.42. The minimum Gasteiger partial charge on any atom is -0.496 e. The number of methoxy groups -OCH3 is 1. The summed E-state index contributed by atoms with van der Waals surface area (Å²) in [6.45, 7) is 0. The van der Waals surface area contributed by atoms with Gasteiger partial charge >= 0.3 is 5.97 Å². The molecule has 116 valence electrons. The fourth-order valence-corrected chi connectivity index (χ4v) is 2.58. The van der Waals surface area contributed by atoms with E-state index in [-0.39, 0.29) is 10.9 Å². The molecule has 0 saturated heterocycles. The molecule has 0 aliphatic carbocycles. The SMILES string of the molecule is COc1cc(Cl)ccc1-c1ncc(F)c2ccc(C(=O)O)cc12. The summed E-state index contributed by atoms with van der Waals surface area (Å²) in [7, 11) is 1.49. The van der Waals surface area contributed by atoms with Gasteiger partial charge in [0, 0.05) is 21.4 Å². The molecule has 0 unspecified atom stereocenters. The number of hydrogen-bond donors (Lipinski definition) is 1. The van der Waals surface area contributed by atoms with Crippen molar-refractivity contribution >= 4 is 28.3 Å². The molecule has 0 bridgehead atoms. The van der Waals surface area contributed by atoms with E-state index >= 15 is 0 Å². The number of ether oxygens (including phenoxy) is 1. The summed E-state index contributed by atoms with van der Waals surface area (Å²) in [5.74, 6) is -1.14. The number of aromatic carboxylic acids is 1. The summed E-state index contributed by atoms with van der Waals surface area (Å²) in [5, 5.41) is 10.3. The zero-order valence-electron chi connectivity index (χ0n) is 12.0. The van der Waals surface area contributed by atoms with Crippen LogP contribution in [0.25, 0.3) is 22.0 Å². The first-order chi connectivity index (χ1) is 11.0. The van der Waals surface area contributed by atoms with E-state index in [0.717, 1.165) is 6.20 Å². The van der Waals surface area contributed by atoms with E-state index in [1.807, 2.05) is 0 Å². The maximum Gasteiger partial charge on any atom is 0.335 e. The Kier molecular flexibility index (Phi) is 3.88. The maximum absolute atomic E-state index is 14.0. The minimum absolute atomic E-state index is 0.0547. The number of carboxylic acid groups (broad SMARTS) is 1. The molecule has 0 saturated carbocycles. The lowest BCUT2D eigenvalue weighted by molar-refractivity contribution is 0.0697. The van der Waals surface area contributed by atoms with E-state index in [1.165, 1.54) is 25.3 Å². The second kappa shape index (κ2) is 5.85. The largest absolute Gasteiger partial charge is 0.496 e. The van der Waals surface area contributed by atoms with Gasteiger partial charge in [-0.1, -0.05) is 17.7 Å². The summed E-state index contributed by atoms with van der Waals surface area (Å²) in [5.41, 5.74) is 1.08. The molecule has 3 aromatic rings. The monoisotopic (exact) mass is 331 g/mol. The highest BCUT2D eigenvalue weighted by atomic mass is 35.5. The van der Waals surface area contributed by atoms with Crippen LogP contribution >= 0.6 is 11.6 Å². The van der Waals surface area contributed by atoms with Crippen LogP contribution in [0.3, 0.4) is 0 Å². The van der Waals surface area contributed by atoms with Gasteiger partial charge in [-0.15, -0.1) is 0 Å². The van der Waals surface area contributed by atoms with Crippen LogP contribution in [0.2, 0.25) is 5.02 Å². The molecule has 2 aromatic carbocycles. The number of nitrogens with zero attached hydrogens (tertiary/aromatic N) is 1. The van der Waals surface area contributed by atoms with Crippen LogP contribution in [0.4, 0.5) is 4.39 Å². The summed E-state index contributed by atoms with van der Waals surface area (Å²) < 4.78 is 19.3. The Morgan fingerprint density at radius 2 is 2.00 bits per heavy atom. The zero-order chi connectivity index (χ0) is 16.6. The lowest BCUT2D eigenvalue weighted by atomic mass is 10.0. The first kappa shape index (κ1) is 15.2. The lowest BCUT2D eigenvalue weighted by Gasteiger charge is -2.12. The highest BCUT2D eigenvalue weighted by Gasteiger charge is 2.15. The van der Waals surface area contributed by atoms with E-state index in [2.05, 4.69) is 4.98 Å². The first-order valence-corrected chi connectivity index (χ1v) is 7.04. The minimum atomic E-state index is -1.09. The van der Waals surface area contributed by atoms with Crippen molar-refractivity contribution in [3.05, 3.63) is 59.0 Å². The van der Waals surface area contributed by atoms with Crippen molar-refractivity contribution in [1.29, 1.82) is 0 Å². The molecule has 6 heteroatoms. The summed E-state index contributed by atoms with van der Waals surface area (Å²) >= 11 is 5.96. The second-order valence-electron chi connectivity index (χ2n) is 4.86. The molecular formula is C17H11ClFNO3. The molecule has 1 heterocycles. The molecule has 4 nitrogen and oxygen atoms in total. The molecule has 1 N–H and O–H groups in total. The van der Waals surface area contributed by atoms with Gasteiger partial charge in [-0.25, -0.2) is 9.18 Å². The predicted octanol–water partition coefficient (Wildman–Crippen LogP) is 4.40. The van der Waals surface area contributed by atoms with Gasteiger partial charge in [0.05, 0.1) is 24.6 Å². The van der Waals surface area contributed by atoms with Crippen LogP contribution in [-0.4, -0.2) is 23.2 Å². The molecule has 0 amide bonds. The molecule has 0 atom stereocenters. The molecule has 3 rings (SSSR count). The number of benzene rings is 2. The van der Waals surface area contributed by atoms with Gasteiger partial charge in [-0.3, -0.25) is 4.98 Å². The van der Waals surface area contributed by atoms with Crippen LogP contribution in [0.1, 0.15) is 10.4 Å². The third kappa shape index (κ3) is 2.71. The molecular weight excluding hydrogens is 321 g/mol. The molecule has 0 spiro atoms. The number of halogens is 2. The molecule has 0 aliphatic heterocycles. The van der Waals surface area contributed by atoms with Crippen LogP contribution in [0, 0.1) is 5.82 Å². The van der Waals surface area contributed by atoms with Crippen molar-refractivity contribution in [3.63, 3.8) is 0 Å². The van der Waals surface area contributed by atoms with Crippen molar-refractivity contribution < 1.29 is 19.0 Å². The Labute approximate surface area is 136 Å². The van der Waals surface area contributed by atoms with Gasteiger partial charge in [0.2, 0.25) is 0 Å². The van der Waals surface area contributed by atoms with Crippen molar-refractivity contribution in [2.75, 3.05) is 7.11 Å². The van der Waals surface area contributed by atoms with Crippen molar-refractivity contribution in [3.8, 4) is 17.0 Å². The first-order valence-electron chi connectivity index (χ1n) is 6.66. The number of pyridine rings is 1.